The highest BCUT2D eigenvalue weighted by Gasteiger charge is 2.19. The van der Waals surface area contributed by atoms with E-state index in [4.69, 9.17) is 0 Å². The van der Waals surface area contributed by atoms with Gasteiger partial charge in [0.05, 0.1) is 0 Å². The molecule has 2 aromatic rings. The summed E-state index contributed by atoms with van der Waals surface area (Å²) in [4.78, 5) is 2.93. The molecule has 0 amide bonds. The van der Waals surface area contributed by atoms with Crippen LogP contribution in [0.1, 0.15) is 11.1 Å². The van der Waals surface area contributed by atoms with Crippen molar-refractivity contribution in [2.45, 2.75) is 4.90 Å². The van der Waals surface area contributed by atoms with Crippen molar-refractivity contribution in [2.24, 2.45) is 0 Å². The first-order chi connectivity index (χ1) is 7.86. The van der Waals surface area contributed by atoms with Crippen LogP contribution in [0.5, 0.6) is 0 Å². The minimum atomic E-state index is 0.225. The van der Waals surface area contributed by atoms with Crippen LogP contribution < -0.4 is 0 Å². The van der Waals surface area contributed by atoms with Crippen molar-refractivity contribution in [1.82, 2.24) is 0 Å². The van der Waals surface area contributed by atoms with E-state index in [1.54, 1.807) is 0 Å². The molecule has 0 N–H and O–H groups in total. The molecule has 0 bridgehead atoms. The summed E-state index contributed by atoms with van der Waals surface area (Å²) in [5.74, 6) is 0. The molecule has 0 fully saturated rings. The Labute approximate surface area is 99.0 Å². The monoisotopic (exact) mass is 225 g/mol. The molecule has 1 heteroatoms. The second-order valence-corrected chi connectivity index (χ2v) is 5.82. The van der Waals surface area contributed by atoms with Crippen molar-refractivity contribution in [1.29, 1.82) is 0 Å². The van der Waals surface area contributed by atoms with E-state index >= 15 is 0 Å². The average molecular weight is 225 g/mol. The highest BCUT2D eigenvalue weighted by Crippen LogP contribution is 2.53. The first kappa shape index (κ1) is 9.73. The standard InChI is InChI=1S/C15H13S/c1-16-14-10-6-5-9-13(14)11-15(16)12-7-3-2-4-8-12/h2-11H,1H3. The van der Waals surface area contributed by atoms with E-state index in [1.807, 2.05) is 0 Å². The summed E-state index contributed by atoms with van der Waals surface area (Å²) in [5.41, 5.74) is 2.73. The van der Waals surface area contributed by atoms with Gasteiger partial charge in [-0.1, -0.05) is 48.5 Å². The molecule has 0 saturated carbocycles. The predicted octanol–water partition coefficient (Wildman–Crippen LogP) is 4.46. The highest BCUT2D eigenvalue weighted by molar-refractivity contribution is 8.25. The Morgan fingerprint density at radius 3 is 2.25 bits per heavy atom. The molecule has 0 nitrogen and oxygen atoms in total. The van der Waals surface area contributed by atoms with Crippen molar-refractivity contribution < 1.29 is 0 Å². The largest absolute Gasteiger partial charge is 0.149 e. The van der Waals surface area contributed by atoms with E-state index in [1.165, 1.54) is 20.9 Å². The average Bonchev–Trinajstić information content (AvgIpc) is 2.69. The van der Waals surface area contributed by atoms with Crippen LogP contribution >= 0.6 is 10.9 Å². The zero-order chi connectivity index (χ0) is 11.0. The summed E-state index contributed by atoms with van der Waals surface area (Å²) < 4.78 is 0. The Morgan fingerprint density at radius 2 is 1.50 bits per heavy atom. The zero-order valence-electron chi connectivity index (χ0n) is 9.18. The lowest BCUT2D eigenvalue weighted by molar-refractivity contribution is 1.44. The lowest BCUT2D eigenvalue weighted by Crippen LogP contribution is -1.81. The van der Waals surface area contributed by atoms with Crippen LogP contribution in [0.3, 0.4) is 0 Å². The molecular formula is C15H13S. The Hall–Kier alpha value is -1.47. The van der Waals surface area contributed by atoms with Gasteiger partial charge in [-0.15, -0.1) is 10.9 Å². The van der Waals surface area contributed by atoms with E-state index in [0.717, 1.165) is 0 Å². The number of rotatable bonds is 1. The molecule has 0 aromatic heterocycles. The Kier molecular flexibility index (Phi) is 2.33. The van der Waals surface area contributed by atoms with Crippen LogP contribution in [-0.4, -0.2) is 6.26 Å². The van der Waals surface area contributed by atoms with E-state index in [-0.39, 0.29) is 10.9 Å². The number of fused-ring (bicyclic) bond motifs is 1. The fraction of sp³-hybridized carbons (Fsp3) is 0.0667. The summed E-state index contributed by atoms with van der Waals surface area (Å²) in [6.07, 6.45) is 4.64. The van der Waals surface area contributed by atoms with Gasteiger partial charge >= 0.3 is 0 Å². The van der Waals surface area contributed by atoms with Gasteiger partial charge in [0, 0.05) is 9.80 Å². The maximum absolute atomic E-state index is 2.33. The second-order valence-electron chi connectivity index (χ2n) is 3.92. The van der Waals surface area contributed by atoms with Gasteiger partial charge in [0.1, 0.15) is 0 Å². The molecule has 0 saturated heterocycles. The van der Waals surface area contributed by atoms with Gasteiger partial charge in [0.2, 0.25) is 0 Å². The first-order valence-corrected chi connectivity index (χ1v) is 7.01. The van der Waals surface area contributed by atoms with Crippen LogP contribution in [0.2, 0.25) is 0 Å². The molecule has 1 radical (unpaired) electrons. The quantitative estimate of drug-likeness (QED) is 0.672. The summed E-state index contributed by atoms with van der Waals surface area (Å²) in [5, 5.41) is 0. The van der Waals surface area contributed by atoms with Crippen LogP contribution in [-0.2, 0) is 0 Å². The normalized spacial score (nSPS) is 14.7. The number of hydrogen-bond acceptors (Lipinski definition) is 0. The fourth-order valence-electron chi connectivity index (χ4n) is 2.09. The number of hydrogen-bond donors (Lipinski definition) is 0. The van der Waals surface area contributed by atoms with Crippen LogP contribution in [0.15, 0.2) is 59.5 Å². The van der Waals surface area contributed by atoms with Gasteiger partial charge < -0.3 is 0 Å². The molecule has 1 aliphatic rings. The van der Waals surface area contributed by atoms with Gasteiger partial charge in [-0.3, -0.25) is 0 Å². The van der Waals surface area contributed by atoms with Gasteiger partial charge in [-0.25, -0.2) is 0 Å². The Bertz CT molecular complexity index is 540. The molecule has 16 heavy (non-hydrogen) atoms. The van der Waals surface area contributed by atoms with Gasteiger partial charge in [0.25, 0.3) is 0 Å². The molecule has 0 aliphatic carbocycles. The molecule has 0 spiro atoms. The molecular weight excluding hydrogens is 212 g/mol. The third-order valence-corrected chi connectivity index (χ3v) is 4.97. The third kappa shape index (κ3) is 1.48. The van der Waals surface area contributed by atoms with Crippen molar-refractivity contribution in [2.75, 3.05) is 6.26 Å². The molecule has 2 aromatic carbocycles. The highest BCUT2D eigenvalue weighted by atomic mass is 32.2. The number of benzene rings is 2. The van der Waals surface area contributed by atoms with Crippen molar-refractivity contribution in [3.05, 3.63) is 65.7 Å². The molecule has 1 heterocycles. The molecule has 0 atom stereocenters. The zero-order valence-corrected chi connectivity index (χ0v) is 10.00. The molecule has 1 aliphatic heterocycles. The van der Waals surface area contributed by atoms with Crippen molar-refractivity contribution in [3.63, 3.8) is 0 Å². The lowest BCUT2D eigenvalue weighted by Gasteiger charge is -2.13. The van der Waals surface area contributed by atoms with Gasteiger partial charge in [-0.05, 0) is 29.5 Å². The minimum Gasteiger partial charge on any atom is -0.149 e. The third-order valence-electron chi connectivity index (χ3n) is 2.92. The van der Waals surface area contributed by atoms with E-state index < -0.39 is 0 Å². The Balaban J connectivity index is 2.09. The second kappa shape index (κ2) is 3.84. The van der Waals surface area contributed by atoms with Gasteiger partial charge in [-0.2, -0.15) is 0 Å². The van der Waals surface area contributed by atoms with Gasteiger partial charge in [0.15, 0.2) is 0 Å². The maximum atomic E-state index is 2.33. The van der Waals surface area contributed by atoms with Crippen LogP contribution in [0, 0.1) is 0 Å². The Morgan fingerprint density at radius 1 is 0.812 bits per heavy atom. The maximum Gasteiger partial charge on any atom is 0.00987 e. The molecule has 79 valence electrons. The predicted molar refractivity (Wildman–Crippen MR) is 72.5 cm³/mol. The first-order valence-electron chi connectivity index (χ1n) is 5.38. The fourth-order valence-corrected chi connectivity index (χ4v) is 3.88. The lowest BCUT2D eigenvalue weighted by atomic mass is 10.1. The van der Waals surface area contributed by atoms with E-state index in [2.05, 4.69) is 66.9 Å². The van der Waals surface area contributed by atoms with E-state index in [9.17, 15) is 0 Å². The van der Waals surface area contributed by atoms with Crippen LogP contribution in [0.4, 0.5) is 0 Å². The minimum absolute atomic E-state index is 0.225. The summed E-state index contributed by atoms with van der Waals surface area (Å²) in [6, 6.07) is 19.4. The molecule has 3 rings (SSSR count). The van der Waals surface area contributed by atoms with Crippen LogP contribution in [0.25, 0.3) is 11.0 Å². The molecule has 0 unspecified atom stereocenters. The topological polar surface area (TPSA) is 0 Å². The summed E-state index contributed by atoms with van der Waals surface area (Å²) in [7, 11) is 0.225. The SMILES string of the molecule is C[S]1C(c2ccccc2)=Cc2ccccc21. The smallest absolute Gasteiger partial charge is 0.00987 e. The van der Waals surface area contributed by atoms with Crippen molar-refractivity contribution >= 4 is 21.9 Å². The summed E-state index contributed by atoms with van der Waals surface area (Å²) in [6.45, 7) is 0. The van der Waals surface area contributed by atoms with Crippen molar-refractivity contribution in [3.8, 4) is 0 Å². The van der Waals surface area contributed by atoms with E-state index in [0.29, 0.717) is 0 Å². The summed E-state index contributed by atoms with van der Waals surface area (Å²) >= 11 is 0.